The quantitative estimate of drug-likeness (QED) is 0.166. The van der Waals surface area contributed by atoms with Crippen LogP contribution in [0.15, 0.2) is 79.1 Å². The SMILES string of the molecule is [2H]C(Nc1cc(C#N)c2ncc(C#N)c(N[C@H](CC)c3ccccc3)c2c1)(c1ccc(F)cc1)c1cn(C2(C(F)(F)F)CC2)nn1. The Bertz CT molecular complexity index is 1990. The van der Waals surface area contributed by atoms with Crippen molar-refractivity contribution in [3.05, 3.63) is 113 Å². The van der Waals surface area contributed by atoms with Gasteiger partial charge in [0.2, 0.25) is 0 Å². The number of hydrogen-bond donors (Lipinski definition) is 2. The van der Waals surface area contributed by atoms with Crippen LogP contribution in [0.1, 0.15) is 67.6 Å². The fraction of sp³-hybridized carbons (Fsp3) is 0.242. The molecular weight excluding hydrogens is 584 g/mol. The highest BCUT2D eigenvalue weighted by molar-refractivity contribution is 5.99. The van der Waals surface area contributed by atoms with Gasteiger partial charge >= 0.3 is 6.18 Å². The molecule has 3 aromatic carbocycles. The molecule has 2 aromatic heterocycles. The van der Waals surface area contributed by atoms with Crippen LogP contribution >= 0.6 is 0 Å². The van der Waals surface area contributed by atoms with Crippen molar-refractivity contribution in [3.8, 4) is 12.1 Å². The van der Waals surface area contributed by atoms with Gasteiger partial charge in [0.05, 0.1) is 42.0 Å². The molecule has 0 saturated heterocycles. The van der Waals surface area contributed by atoms with Crippen LogP contribution in [0.3, 0.4) is 0 Å². The van der Waals surface area contributed by atoms with Gasteiger partial charge in [0.25, 0.3) is 0 Å². The van der Waals surface area contributed by atoms with Gasteiger partial charge in [0, 0.05) is 17.3 Å². The third-order valence-electron chi connectivity index (χ3n) is 7.98. The van der Waals surface area contributed by atoms with Crippen molar-refractivity contribution < 1.29 is 18.9 Å². The van der Waals surface area contributed by atoms with E-state index in [1.165, 1.54) is 24.4 Å². The lowest BCUT2D eigenvalue weighted by Crippen LogP contribution is -2.35. The lowest BCUT2D eigenvalue weighted by atomic mass is 10.00. The van der Waals surface area contributed by atoms with Crippen molar-refractivity contribution in [2.45, 2.75) is 50.0 Å². The number of hydrogen-bond acceptors (Lipinski definition) is 7. The van der Waals surface area contributed by atoms with E-state index in [9.17, 15) is 29.5 Å². The number of alkyl halides is 3. The molecule has 6 rings (SSSR count). The average molecular weight is 612 g/mol. The van der Waals surface area contributed by atoms with E-state index in [1.807, 2.05) is 37.3 Å². The largest absolute Gasteiger partial charge is 0.413 e. The lowest BCUT2D eigenvalue weighted by Gasteiger charge is -2.23. The highest BCUT2D eigenvalue weighted by Gasteiger charge is 2.66. The minimum absolute atomic E-state index is 0.124. The number of nitriles is 2. The summed E-state index contributed by atoms with van der Waals surface area (Å²) in [6.45, 7) is 1.99. The summed E-state index contributed by atoms with van der Waals surface area (Å²) in [5, 5.41) is 34.7. The summed E-state index contributed by atoms with van der Waals surface area (Å²) >= 11 is 0. The number of anilines is 2. The number of benzene rings is 3. The second-order valence-corrected chi connectivity index (χ2v) is 10.8. The van der Waals surface area contributed by atoms with E-state index in [2.05, 4.69) is 38.1 Å². The van der Waals surface area contributed by atoms with Crippen LogP contribution in [-0.2, 0) is 5.54 Å². The van der Waals surface area contributed by atoms with E-state index < -0.39 is 23.6 Å². The topological polar surface area (TPSA) is 115 Å². The minimum atomic E-state index is -4.57. The monoisotopic (exact) mass is 611 g/mol. The Morgan fingerprint density at radius 1 is 1.00 bits per heavy atom. The van der Waals surface area contributed by atoms with Crippen molar-refractivity contribution in [2.75, 3.05) is 10.6 Å². The summed E-state index contributed by atoms with van der Waals surface area (Å²) < 4.78 is 65.9. The van der Waals surface area contributed by atoms with E-state index in [0.29, 0.717) is 23.0 Å². The normalized spacial score (nSPS) is 16.1. The second kappa shape index (κ2) is 11.5. The lowest BCUT2D eigenvalue weighted by molar-refractivity contribution is -0.182. The molecule has 226 valence electrons. The maximum Gasteiger partial charge on any atom is 0.413 e. The smallest absolute Gasteiger partial charge is 0.377 e. The van der Waals surface area contributed by atoms with Gasteiger partial charge in [-0.3, -0.25) is 4.98 Å². The van der Waals surface area contributed by atoms with E-state index in [4.69, 9.17) is 0 Å². The number of nitrogens with zero attached hydrogens (tertiary/aromatic N) is 6. The van der Waals surface area contributed by atoms with Crippen LogP contribution in [0.4, 0.5) is 28.9 Å². The zero-order chi connectivity index (χ0) is 32.7. The first kappa shape index (κ1) is 28.3. The first-order valence-electron chi connectivity index (χ1n) is 14.7. The van der Waals surface area contributed by atoms with E-state index >= 15 is 0 Å². The van der Waals surface area contributed by atoms with Gasteiger partial charge in [-0.15, -0.1) is 5.10 Å². The zero-order valence-electron chi connectivity index (χ0n) is 24.9. The van der Waals surface area contributed by atoms with Gasteiger partial charge in [0.1, 0.15) is 23.6 Å². The molecule has 1 unspecified atom stereocenters. The van der Waals surface area contributed by atoms with Crippen molar-refractivity contribution in [2.24, 2.45) is 0 Å². The predicted molar refractivity (Wildman–Crippen MR) is 159 cm³/mol. The summed E-state index contributed by atoms with van der Waals surface area (Å²) in [5.41, 5.74) is 0.0531. The van der Waals surface area contributed by atoms with Gasteiger partial charge in [0.15, 0.2) is 5.54 Å². The minimum Gasteiger partial charge on any atom is -0.377 e. The van der Waals surface area contributed by atoms with Crippen molar-refractivity contribution in [1.29, 1.82) is 10.5 Å². The Balaban J connectivity index is 1.49. The number of pyridine rings is 1. The van der Waals surface area contributed by atoms with Crippen LogP contribution in [0.25, 0.3) is 10.9 Å². The average Bonchev–Trinajstić information content (AvgIpc) is 3.73. The van der Waals surface area contributed by atoms with Gasteiger partial charge < -0.3 is 10.6 Å². The van der Waals surface area contributed by atoms with Crippen LogP contribution < -0.4 is 10.6 Å². The molecule has 2 heterocycles. The predicted octanol–water partition coefficient (Wildman–Crippen LogP) is 7.52. The van der Waals surface area contributed by atoms with E-state index in [0.717, 1.165) is 28.6 Å². The Morgan fingerprint density at radius 3 is 2.33 bits per heavy atom. The molecule has 8 nitrogen and oxygen atoms in total. The van der Waals surface area contributed by atoms with Crippen LogP contribution in [0.2, 0.25) is 0 Å². The maximum atomic E-state index is 13.9. The highest BCUT2D eigenvalue weighted by Crippen LogP contribution is 2.55. The number of halogens is 4. The third kappa shape index (κ3) is 5.51. The number of rotatable bonds is 9. The van der Waals surface area contributed by atoms with Crippen molar-refractivity contribution in [3.63, 3.8) is 0 Å². The summed E-state index contributed by atoms with van der Waals surface area (Å²) in [5.74, 6) is -0.573. The standard InChI is InChI=1S/C33H26F4N8/c1-2-27(20-6-4-3-5-7-20)42-30-23(17-39)18-40-29-22(16-38)14-25(15-26(29)30)41-31(21-8-10-24(34)11-9-21)28-19-45(44-43-28)32(12-13-32)33(35,36)37/h3-11,14-15,18-19,27,31,41H,2,12-13H2,1H3,(H,40,42)/t27-,31?/m1/s1/i31D. The first-order chi connectivity index (χ1) is 22.0. The van der Waals surface area contributed by atoms with E-state index in [-0.39, 0.29) is 47.0 Å². The number of nitrogens with one attached hydrogen (secondary N) is 2. The summed E-state index contributed by atoms with van der Waals surface area (Å²) in [4.78, 5) is 4.38. The number of aromatic nitrogens is 4. The summed E-state index contributed by atoms with van der Waals surface area (Å²) in [6.07, 6.45) is -1.79. The van der Waals surface area contributed by atoms with Crippen LogP contribution in [-0.4, -0.2) is 26.2 Å². The summed E-state index contributed by atoms with van der Waals surface area (Å²) in [7, 11) is 0. The van der Waals surface area contributed by atoms with Crippen LogP contribution in [0.5, 0.6) is 0 Å². The maximum absolute atomic E-state index is 13.9. The molecule has 1 aliphatic rings. The Morgan fingerprint density at radius 2 is 1.71 bits per heavy atom. The second-order valence-electron chi connectivity index (χ2n) is 10.8. The molecule has 0 aliphatic heterocycles. The molecule has 1 saturated carbocycles. The Hall–Kier alpha value is -5.49. The molecule has 5 aromatic rings. The molecule has 45 heavy (non-hydrogen) atoms. The van der Waals surface area contributed by atoms with Crippen LogP contribution in [0, 0.1) is 28.5 Å². The molecule has 1 fully saturated rings. The van der Waals surface area contributed by atoms with Crippen molar-refractivity contribution in [1.82, 2.24) is 20.0 Å². The number of fused-ring (bicyclic) bond motifs is 1. The molecule has 0 radical (unpaired) electrons. The van der Waals surface area contributed by atoms with Gasteiger partial charge in [-0.2, -0.15) is 23.7 Å². The zero-order valence-corrected chi connectivity index (χ0v) is 23.9. The van der Waals surface area contributed by atoms with Gasteiger partial charge in [-0.1, -0.05) is 54.6 Å². The fourth-order valence-electron chi connectivity index (χ4n) is 5.37. The van der Waals surface area contributed by atoms with Gasteiger partial charge in [-0.25, -0.2) is 9.07 Å². The molecule has 12 heteroatoms. The van der Waals surface area contributed by atoms with E-state index in [1.54, 1.807) is 6.07 Å². The molecule has 1 aliphatic carbocycles. The molecule has 0 amide bonds. The Labute approximate surface area is 257 Å². The van der Waals surface area contributed by atoms with Crippen molar-refractivity contribution >= 4 is 22.3 Å². The molecule has 0 bridgehead atoms. The van der Waals surface area contributed by atoms with Gasteiger partial charge in [-0.05, 0) is 54.7 Å². The molecule has 2 N–H and O–H groups in total. The molecule has 2 atom stereocenters. The molecule has 0 spiro atoms. The Kier molecular flexibility index (Phi) is 7.26. The molecular formula is C33H26F4N8. The fourth-order valence-corrected chi connectivity index (χ4v) is 5.37. The summed E-state index contributed by atoms with van der Waals surface area (Å²) in [6, 6.07) is 19.6. The third-order valence-corrected chi connectivity index (χ3v) is 7.98. The highest BCUT2D eigenvalue weighted by atomic mass is 19.4. The first-order valence-corrected chi connectivity index (χ1v) is 14.2.